The summed E-state index contributed by atoms with van der Waals surface area (Å²) in [6.07, 6.45) is 1.77. The average Bonchev–Trinajstić information content (AvgIpc) is 2.82. The van der Waals surface area contributed by atoms with Gasteiger partial charge in [0.2, 0.25) is 0 Å². The van der Waals surface area contributed by atoms with Crippen molar-refractivity contribution >= 4 is 39.6 Å². The number of benzene rings is 3. The van der Waals surface area contributed by atoms with Gasteiger partial charge >= 0.3 is 0 Å². The van der Waals surface area contributed by atoms with E-state index < -0.39 is 22.5 Å². The van der Waals surface area contributed by atoms with Crippen molar-refractivity contribution in [1.82, 2.24) is 5.43 Å². The first kappa shape index (κ1) is 23.8. The SMILES string of the molecule is Cc1ccc(N(CC(=O)N/N=C/c2ccc(OC3CSC3)cc2)S(=O)(=O)c2ccccc2)cc1. The molecular formula is C25H25N3O4S2. The second-order valence-electron chi connectivity index (χ2n) is 7.80. The van der Waals surface area contributed by atoms with E-state index in [9.17, 15) is 13.2 Å². The number of aryl methyl sites for hydroxylation is 1. The second kappa shape index (κ2) is 10.8. The fourth-order valence-corrected chi connectivity index (χ4v) is 5.20. The maximum absolute atomic E-state index is 13.3. The van der Waals surface area contributed by atoms with Crippen LogP contribution in [0.3, 0.4) is 0 Å². The van der Waals surface area contributed by atoms with Gasteiger partial charge in [0.25, 0.3) is 15.9 Å². The third kappa shape index (κ3) is 5.98. The molecule has 0 radical (unpaired) electrons. The van der Waals surface area contributed by atoms with Gasteiger partial charge in [0.1, 0.15) is 18.4 Å². The van der Waals surface area contributed by atoms with Crippen LogP contribution in [0.5, 0.6) is 5.75 Å². The van der Waals surface area contributed by atoms with Gasteiger partial charge in [-0.05, 0) is 61.0 Å². The minimum Gasteiger partial charge on any atom is -0.489 e. The summed E-state index contributed by atoms with van der Waals surface area (Å²) >= 11 is 1.86. The molecule has 9 heteroatoms. The predicted molar refractivity (Wildman–Crippen MR) is 136 cm³/mol. The highest BCUT2D eigenvalue weighted by Crippen LogP contribution is 2.25. The van der Waals surface area contributed by atoms with E-state index in [0.717, 1.165) is 32.7 Å². The molecule has 0 atom stereocenters. The molecule has 1 aliphatic heterocycles. The minimum absolute atomic E-state index is 0.106. The van der Waals surface area contributed by atoms with Gasteiger partial charge in [0.05, 0.1) is 16.8 Å². The van der Waals surface area contributed by atoms with Crippen molar-refractivity contribution in [2.45, 2.75) is 17.9 Å². The summed E-state index contributed by atoms with van der Waals surface area (Å²) in [6, 6.07) is 22.4. The van der Waals surface area contributed by atoms with Crippen molar-refractivity contribution in [3.8, 4) is 5.75 Å². The number of carbonyl (C=O) groups is 1. The summed E-state index contributed by atoms with van der Waals surface area (Å²) in [5.74, 6) is 2.26. The van der Waals surface area contributed by atoms with E-state index in [1.807, 2.05) is 43.0 Å². The molecule has 0 aliphatic carbocycles. The number of nitrogens with zero attached hydrogens (tertiary/aromatic N) is 2. The molecule has 4 rings (SSSR count). The fourth-order valence-electron chi connectivity index (χ4n) is 3.20. The third-order valence-electron chi connectivity index (χ3n) is 5.13. The Kier molecular flexibility index (Phi) is 7.54. The van der Waals surface area contributed by atoms with Crippen LogP contribution in [0.25, 0.3) is 0 Å². The Bertz CT molecular complexity index is 1240. The molecular weight excluding hydrogens is 470 g/mol. The number of rotatable bonds is 9. The molecule has 1 saturated heterocycles. The van der Waals surface area contributed by atoms with Gasteiger partial charge in [0, 0.05) is 11.5 Å². The minimum atomic E-state index is -3.95. The van der Waals surface area contributed by atoms with Crippen LogP contribution in [0.15, 0.2) is 88.9 Å². The number of nitrogens with one attached hydrogen (secondary N) is 1. The average molecular weight is 496 g/mol. The van der Waals surface area contributed by atoms with Crippen molar-refractivity contribution in [1.29, 1.82) is 0 Å². The molecule has 1 aliphatic rings. The monoisotopic (exact) mass is 495 g/mol. The van der Waals surface area contributed by atoms with Gasteiger partial charge in [-0.2, -0.15) is 16.9 Å². The van der Waals surface area contributed by atoms with Crippen LogP contribution in [-0.4, -0.2) is 44.7 Å². The van der Waals surface area contributed by atoms with Gasteiger partial charge in [-0.3, -0.25) is 9.10 Å². The fraction of sp³-hybridized carbons (Fsp3) is 0.200. The van der Waals surface area contributed by atoms with Gasteiger partial charge in [-0.1, -0.05) is 35.9 Å². The highest BCUT2D eigenvalue weighted by Gasteiger charge is 2.27. The topological polar surface area (TPSA) is 88.1 Å². The smallest absolute Gasteiger partial charge is 0.264 e. The standard InChI is InChI=1S/C25H25N3O4S2/c1-19-7-11-21(12-8-19)28(34(30,31)24-5-3-2-4-6-24)16-25(29)27-26-15-20-9-13-22(14-10-20)32-23-17-33-18-23/h2-15,23H,16-18H2,1H3,(H,27,29)/b26-15+. The van der Waals surface area contributed by atoms with E-state index >= 15 is 0 Å². The molecule has 1 fully saturated rings. The lowest BCUT2D eigenvalue weighted by Gasteiger charge is -2.25. The molecule has 0 unspecified atom stereocenters. The maximum Gasteiger partial charge on any atom is 0.264 e. The van der Waals surface area contributed by atoms with E-state index in [1.54, 1.807) is 42.5 Å². The van der Waals surface area contributed by atoms with Crippen molar-refractivity contribution < 1.29 is 17.9 Å². The molecule has 3 aromatic rings. The maximum atomic E-state index is 13.3. The first-order chi connectivity index (χ1) is 16.4. The first-order valence-corrected chi connectivity index (χ1v) is 13.3. The molecule has 7 nitrogen and oxygen atoms in total. The molecule has 0 aromatic heterocycles. The van der Waals surface area contributed by atoms with Crippen molar-refractivity contribution in [2.75, 3.05) is 22.4 Å². The van der Waals surface area contributed by atoms with Crippen LogP contribution in [-0.2, 0) is 14.8 Å². The van der Waals surface area contributed by atoms with Crippen LogP contribution < -0.4 is 14.5 Å². The lowest BCUT2D eigenvalue weighted by molar-refractivity contribution is -0.119. The van der Waals surface area contributed by atoms with Gasteiger partial charge < -0.3 is 4.74 Å². The zero-order valence-corrected chi connectivity index (χ0v) is 20.3. The summed E-state index contributed by atoms with van der Waals surface area (Å²) in [5, 5.41) is 3.98. The van der Waals surface area contributed by atoms with Gasteiger partial charge in [-0.15, -0.1) is 0 Å². The quantitative estimate of drug-likeness (QED) is 0.360. The highest BCUT2D eigenvalue weighted by molar-refractivity contribution is 8.00. The molecule has 1 N–H and O–H groups in total. The number of thioether (sulfide) groups is 1. The van der Waals surface area contributed by atoms with Crippen molar-refractivity contribution in [3.63, 3.8) is 0 Å². The Morgan fingerprint density at radius 3 is 2.35 bits per heavy atom. The Hall–Kier alpha value is -3.30. The first-order valence-electron chi connectivity index (χ1n) is 10.7. The summed E-state index contributed by atoms with van der Waals surface area (Å²) in [7, 11) is -3.95. The molecule has 0 saturated carbocycles. The number of hydrogen-bond donors (Lipinski definition) is 1. The number of anilines is 1. The largest absolute Gasteiger partial charge is 0.489 e. The Labute approximate surface area is 203 Å². The van der Waals surface area contributed by atoms with Crippen LogP contribution in [0.1, 0.15) is 11.1 Å². The van der Waals surface area contributed by atoms with E-state index in [-0.39, 0.29) is 11.0 Å². The molecule has 1 heterocycles. The van der Waals surface area contributed by atoms with Crippen LogP contribution in [0, 0.1) is 6.92 Å². The van der Waals surface area contributed by atoms with E-state index in [4.69, 9.17) is 4.74 Å². The normalized spacial score (nSPS) is 13.9. The van der Waals surface area contributed by atoms with Gasteiger partial charge in [-0.25, -0.2) is 13.8 Å². The van der Waals surface area contributed by atoms with Crippen molar-refractivity contribution in [2.24, 2.45) is 5.10 Å². The number of ether oxygens (including phenoxy) is 1. The summed E-state index contributed by atoms with van der Waals surface area (Å²) in [5.41, 5.74) is 4.58. The molecule has 3 aromatic carbocycles. The van der Waals surface area contributed by atoms with E-state index in [0.29, 0.717) is 5.69 Å². The number of carbonyl (C=O) groups excluding carboxylic acids is 1. The summed E-state index contributed by atoms with van der Waals surface area (Å²) < 4.78 is 33.4. The van der Waals surface area contributed by atoms with E-state index in [1.165, 1.54) is 18.3 Å². The molecule has 0 bridgehead atoms. The predicted octanol–water partition coefficient (Wildman–Crippen LogP) is 3.83. The van der Waals surface area contributed by atoms with Crippen LogP contribution in [0.4, 0.5) is 5.69 Å². The second-order valence-corrected chi connectivity index (χ2v) is 10.7. The molecule has 1 amide bonds. The third-order valence-corrected chi connectivity index (χ3v) is 8.14. The number of sulfonamides is 1. The lowest BCUT2D eigenvalue weighted by atomic mass is 10.2. The number of hydrogen-bond acceptors (Lipinski definition) is 6. The van der Waals surface area contributed by atoms with Crippen LogP contribution >= 0.6 is 11.8 Å². The lowest BCUT2D eigenvalue weighted by Crippen LogP contribution is -2.39. The molecule has 0 spiro atoms. The number of hydrazone groups is 1. The molecule has 34 heavy (non-hydrogen) atoms. The van der Waals surface area contributed by atoms with Crippen molar-refractivity contribution in [3.05, 3.63) is 90.0 Å². The Balaban J connectivity index is 1.43. The van der Waals surface area contributed by atoms with Crippen LogP contribution in [0.2, 0.25) is 0 Å². The summed E-state index contributed by atoms with van der Waals surface area (Å²) in [4.78, 5) is 12.7. The Morgan fingerprint density at radius 2 is 1.74 bits per heavy atom. The summed E-state index contributed by atoms with van der Waals surface area (Å²) in [6.45, 7) is 1.50. The highest BCUT2D eigenvalue weighted by atomic mass is 32.2. The van der Waals surface area contributed by atoms with Gasteiger partial charge in [0.15, 0.2) is 0 Å². The zero-order valence-electron chi connectivity index (χ0n) is 18.6. The molecule has 176 valence electrons. The zero-order chi connectivity index (χ0) is 24.0. The van der Waals surface area contributed by atoms with E-state index in [2.05, 4.69) is 10.5 Å². The number of amides is 1. The Morgan fingerprint density at radius 1 is 1.06 bits per heavy atom.